The van der Waals surface area contributed by atoms with E-state index >= 15 is 0 Å². The van der Waals surface area contributed by atoms with Crippen LogP contribution in [0.3, 0.4) is 0 Å². The lowest BCUT2D eigenvalue weighted by Crippen LogP contribution is -2.34. The van der Waals surface area contributed by atoms with Crippen LogP contribution in [0.5, 0.6) is 0 Å². The molecule has 1 N–H and O–H groups in total. The number of rotatable bonds is 6. The van der Waals surface area contributed by atoms with Crippen molar-refractivity contribution in [3.05, 3.63) is 35.4 Å². The highest BCUT2D eigenvalue weighted by molar-refractivity contribution is 5.25. The molecule has 0 aromatic heterocycles. The van der Waals surface area contributed by atoms with Gasteiger partial charge in [0.05, 0.1) is 12.2 Å². The van der Waals surface area contributed by atoms with E-state index in [4.69, 9.17) is 0 Å². The van der Waals surface area contributed by atoms with Gasteiger partial charge in [-0.05, 0) is 31.2 Å². The number of hydrogen-bond donors (Lipinski definition) is 1. The van der Waals surface area contributed by atoms with E-state index in [0.29, 0.717) is 5.56 Å². The van der Waals surface area contributed by atoms with Gasteiger partial charge in [0.1, 0.15) is 6.61 Å². The maximum absolute atomic E-state index is 12.4. The van der Waals surface area contributed by atoms with Gasteiger partial charge in [-0.1, -0.05) is 12.1 Å². The van der Waals surface area contributed by atoms with Crippen molar-refractivity contribution in [2.75, 3.05) is 20.3 Å². The average Bonchev–Trinajstić information content (AvgIpc) is 2.35. The molecule has 0 heterocycles. The second-order valence-corrected chi connectivity index (χ2v) is 4.51. The summed E-state index contributed by atoms with van der Waals surface area (Å²) in [6.07, 6.45) is -8.53. The third-order valence-electron chi connectivity index (χ3n) is 2.76. The molecule has 120 valence electrons. The third kappa shape index (κ3) is 6.81. The smallest absolute Gasteiger partial charge is 0.370 e. The van der Waals surface area contributed by atoms with Crippen molar-refractivity contribution in [3.8, 4) is 0 Å². The number of benzene rings is 1. The summed E-state index contributed by atoms with van der Waals surface area (Å²) in [5.41, 5.74) is -0.182. The van der Waals surface area contributed by atoms with E-state index in [-0.39, 0.29) is 13.0 Å². The molecule has 0 aliphatic carbocycles. The molecule has 1 unspecified atom stereocenters. The van der Waals surface area contributed by atoms with Crippen molar-refractivity contribution in [2.24, 2.45) is 0 Å². The minimum atomic E-state index is -4.41. The number of hydrogen-bond acceptors (Lipinski definition) is 2. The van der Waals surface area contributed by atoms with Crippen molar-refractivity contribution in [1.29, 1.82) is 0 Å². The summed E-state index contributed by atoms with van der Waals surface area (Å²) >= 11 is 0. The van der Waals surface area contributed by atoms with Gasteiger partial charge in [0.15, 0.2) is 0 Å². The summed E-state index contributed by atoms with van der Waals surface area (Å²) in [5.74, 6) is 0. The molecule has 0 aliphatic rings. The Morgan fingerprint density at radius 2 is 1.62 bits per heavy atom. The monoisotopic (exact) mass is 315 g/mol. The quantitative estimate of drug-likeness (QED) is 0.812. The lowest BCUT2D eigenvalue weighted by atomic mass is 10.0. The molecule has 0 saturated heterocycles. The highest BCUT2D eigenvalue weighted by Crippen LogP contribution is 2.29. The van der Waals surface area contributed by atoms with E-state index in [1.54, 1.807) is 7.05 Å². The first kappa shape index (κ1) is 17.8. The van der Waals surface area contributed by atoms with E-state index in [9.17, 15) is 26.3 Å². The molecule has 1 aromatic rings. The fourth-order valence-corrected chi connectivity index (χ4v) is 1.68. The Balaban J connectivity index is 2.53. The summed E-state index contributed by atoms with van der Waals surface area (Å²) in [7, 11) is 1.55. The van der Waals surface area contributed by atoms with Gasteiger partial charge in [-0.2, -0.15) is 26.3 Å². The summed E-state index contributed by atoms with van der Waals surface area (Å²) in [6.45, 7) is -1.53. The van der Waals surface area contributed by atoms with E-state index in [2.05, 4.69) is 10.1 Å². The standard InChI is InChI=1S/C13H15F6NO/c1-20-11(7-21-8-12(14,15)16)6-9-2-4-10(5-3-9)13(17,18)19/h2-5,11,20H,6-8H2,1H3. The van der Waals surface area contributed by atoms with Crippen molar-refractivity contribution in [1.82, 2.24) is 5.32 Å². The van der Waals surface area contributed by atoms with Crippen LogP contribution in [0.25, 0.3) is 0 Å². The first-order valence-electron chi connectivity index (χ1n) is 6.09. The zero-order valence-corrected chi connectivity index (χ0v) is 11.2. The van der Waals surface area contributed by atoms with Gasteiger partial charge in [0, 0.05) is 6.04 Å². The predicted molar refractivity (Wildman–Crippen MR) is 64.9 cm³/mol. The topological polar surface area (TPSA) is 21.3 Å². The van der Waals surface area contributed by atoms with Crippen LogP contribution in [0.1, 0.15) is 11.1 Å². The van der Waals surface area contributed by atoms with Gasteiger partial charge in [-0.15, -0.1) is 0 Å². The molecule has 21 heavy (non-hydrogen) atoms. The Bertz CT molecular complexity index is 426. The van der Waals surface area contributed by atoms with Crippen molar-refractivity contribution in [3.63, 3.8) is 0 Å². The maximum Gasteiger partial charge on any atom is 0.416 e. The van der Waals surface area contributed by atoms with Crippen molar-refractivity contribution in [2.45, 2.75) is 24.8 Å². The van der Waals surface area contributed by atoms with Gasteiger partial charge in [0.2, 0.25) is 0 Å². The van der Waals surface area contributed by atoms with Crippen molar-refractivity contribution < 1.29 is 31.1 Å². The average molecular weight is 315 g/mol. The summed E-state index contributed by atoms with van der Waals surface area (Å²) in [4.78, 5) is 0. The Hall–Kier alpha value is -1.28. The molecule has 8 heteroatoms. The predicted octanol–water partition coefficient (Wildman–Crippen LogP) is 3.41. The van der Waals surface area contributed by atoms with Gasteiger partial charge in [-0.3, -0.25) is 0 Å². The molecule has 1 aromatic carbocycles. The molecular formula is C13H15F6NO. The van der Waals surface area contributed by atoms with Gasteiger partial charge < -0.3 is 10.1 Å². The number of alkyl halides is 6. The highest BCUT2D eigenvalue weighted by atomic mass is 19.4. The molecule has 0 aliphatic heterocycles. The minimum Gasteiger partial charge on any atom is -0.370 e. The third-order valence-corrected chi connectivity index (χ3v) is 2.76. The number of ether oxygens (including phenoxy) is 1. The Morgan fingerprint density at radius 3 is 2.05 bits per heavy atom. The molecule has 1 atom stereocenters. The summed E-state index contributed by atoms with van der Waals surface area (Å²) in [6, 6.07) is 4.08. The van der Waals surface area contributed by atoms with Gasteiger partial charge >= 0.3 is 12.4 Å². The number of nitrogens with one attached hydrogen (secondary N) is 1. The van der Waals surface area contributed by atoms with Crippen LogP contribution < -0.4 is 5.32 Å². The lowest BCUT2D eigenvalue weighted by Gasteiger charge is -2.17. The normalized spacial score (nSPS) is 14.2. The highest BCUT2D eigenvalue weighted by Gasteiger charge is 2.30. The second kappa shape index (κ2) is 7.13. The first-order chi connectivity index (χ1) is 9.62. The summed E-state index contributed by atoms with van der Waals surface area (Å²) in [5, 5.41) is 2.77. The zero-order chi connectivity index (χ0) is 16.1. The van der Waals surface area contributed by atoms with Crippen LogP contribution in [0.15, 0.2) is 24.3 Å². The van der Waals surface area contributed by atoms with Crippen LogP contribution >= 0.6 is 0 Å². The molecule has 0 radical (unpaired) electrons. The fraction of sp³-hybridized carbons (Fsp3) is 0.538. The van der Waals surface area contributed by atoms with E-state index in [1.165, 1.54) is 12.1 Å². The second-order valence-electron chi connectivity index (χ2n) is 4.51. The van der Waals surface area contributed by atoms with Crippen LogP contribution in [0.2, 0.25) is 0 Å². The minimum absolute atomic E-state index is 0.183. The molecule has 0 saturated carbocycles. The fourth-order valence-electron chi connectivity index (χ4n) is 1.68. The SMILES string of the molecule is CNC(COCC(F)(F)F)Cc1ccc(C(F)(F)F)cc1. The van der Waals surface area contributed by atoms with Crippen molar-refractivity contribution >= 4 is 0 Å². The largest absolute Gasteiger partial charge is 0.416 e. The first-order valence-corrected chi connectivity index (χ1v) is 6.09. The van der Waals surface area contributed by atoms with Crippen LogP contribution in [0, 0.1) is 0 Å². The molecular weight excluding hydrogens is 300 g/mol. The van der Waals surface area contributed by atoms with Crippen LogP contribution in [0.4, 0.5) is 26.3 Å². The lowest BCUT2D eigenvalue weighted by molar-refractivity contribution is -0.175. The van der Waals surface area contributed by atoms with E-state index < -0.39 is 30.6 Å². The molecule has 0 bridgehead atoms. The Kier molecular flexibility index (Phi) is 6.03. The molecule has 1 rings (SSSR count). The van der Waals surface area contributed by atoms with Crippen LogP contribution in [-0.2, 0) is 17.3 Å². The number of halogens is 6. The number of likely N-dealkylation sites (N-methyl/N-ethyl adjacent to an activating group) is 1. The van der Waals surface area contributed by atoms with E-state index in [0.717, 1.165) is 12.1 Å². The molecule has 0 fully saturated rings. The zero-order valence-electron chi connectivity index (χ0n) is 11.2. The van der Waals surface area contributed by atoms with Gasteiger partial charge in [-0.25, -0.2) is 0 Å². The molecule has 0 spiro atoms. The van der Waals surface area contributed by atoms with Gasteiger partial charge in [0.25, 0.3) is 0 Å². The van der Waals surface area contributed by atoms with E-state index in [1.807, 2.05) is 0 Å². The maximum atomic E-state index is 12.4. The Labute approximate surface area is 118 Å². The molecule has 2 nitrogen and oxygen atoms in total. The summed E-state index contributed by atoms with van der Waals surface area (Å²) < 4.78 is 77.5. The Morgan fingerprint density at radius 1 is 1.05 bits per heavy atom. The molecule has 0 amide bonds. The van der Waals surface area contributed by atoms with Crippen LogP contribution in [-0.4, -0.2) is 32.5 Å².